The van der Waals surface area contributed by atoms with Crippen LogP contribution in [0.15, 0.2) is 11.0 Å². The van der Waals surface area contributed by atoms with Crippen molar-refractivity contribution >= 4 is 34.4 Å². The van der Waals surface area contributed by atoms with E-state index in [2.05, 4.69) is 10.3 Å². The van der Waals surface area contributed by atoms with Crippen LogP contribution in [0, 0.1) is 11.3 Å². The second kappa shape index (κ2) is 8.60. The number of carbonyl (C=O) groups is 2. The van der Waals surface area contributed by atoms with E-state index in [1.165, 1.54) is 30.8 Å². The van der Waals surface area contributed by atoms with Gasteiger partial charge in [0.05, 0.1) is 5.69 Å². The average molecular weight is 346 g/mol. The van der Waals surface area contributed by atoms with E-state index >= 15 is 0 Å². The lowest BCUT2D eigenvalue weighted by atomic mass is 9.95. The molecule has 0 spiro atoms. The topological polar surface area (TPSA) is 86.1 Å². The Balaban J connectivity index is 2.09. The lowest BCUT2D eigenvalue weighted by Gasteiger charge is -2.22. The van der Waals surface area contributed by atoms with E-state index in [-0.39, 0.29) is 23.4 Å². The fourth-order valence-corrected chi connectivity index (χ4v) is 3.66. The molecule has 0 atom stereocenters. The zero-order chi connectivity index (χ0) is 17.5. The summed E-state index contributed by atoms with van der Waals surface area (Å²) in [4.78, 5) is 29.7. The molecule has 0 saturated heterocycles. The van der Waals surface area contributed by atoms with Gasteiger partial charge in [0, 0.05) is 24.9 Å². The molecule has 128 valence electrons. The Morgan fingerprint density at radius 1 is 1.46 bits per heavy atom. The van der Waals surface area contributed by atoms with Gasteiger partial charge in [0.15, 0.2) is 5.13 Å². The normalized spacial score (nSPS) is 15.6. The highest BCUT2D eigenvalue weighted by atomic mass is 32.1. The number of rotatable bonds is 5. The second-order valence-corrected chi connectivity index (χ2v) is 6.63. The molecule has 1 aromatic heterocycles. The first-order chi connectivity index (χ1) is 11.5. The van der Waals surface area contributed by atoms with Crippen LogP contribution in [0.5, 0.6) is 0 Å². The van der Waals surface area contributed by atoms with Crippen LogP contribution in [0.1, 0.15) is 51.6 Å². The number of thiazole rings is 1. The summed E-state index contributed by atoms with van der Waals surface area (Å²) in [5.74, 6) is -0.434. The minimum atomic E-state index is -0.349. The Morgan fingerprint density at radius 2 is 2.17 bits per heavy atom. The molecule has 0 aromatic carbocycles. The average Bonchev–Trinajstić information content (AvgIpc) is 3.02. The summed E-state index contributed by atoms with van der Waals surface area (Å²) < 4.78 is 0. The highest BCUT2D eigenvalue weighted by molar-refractivity contribution is 7.14. The predicted molar refractivity (Wildman–Crippen MR) is 94.4 cm³/mol. The molecule has 0 radical (unpaired) electrons. The summed E-state index contributed by atoms with van der Waals surface area (Å²) in [6, 6.07) is 2.10. The van der Waals surface area contributed by atoms with E-state index in [4.69, 9.17) is 0 Å². The molecule has 24 heavy (non-hydrogen) atoms. The zero-order valence-electron chi connectivity index (χ0n) is 14.0. The quantitative estimate of drug-likeness (QED) is 0.656. The van der Waals surface area contributed by atoms with Crippen LogP contribution in [0.4, 0.5) is 5.13 Å². The molecule has 0 unspecified atom stereocenters. The molecule has 1 saturated carbocycles. The van der Waals surface area contributed by atoms with Crippen molar-refractivity contribution in [3.05, 3.63) is 16.6 Å². The monoisotopic (exact) mass is 346 g/mol. The largest absolute Gasteiger partial charge is 0.349 e. The summed E-state index contributed by atoms with van der Waals surface area (Å²) in [6.45, 7) is 3.88. The number of carbonyl (C=O) groups excluding carboxylic acids is 2. The Kier molecular flexibility index (Phi) is 6.50. The molecule has 2 rings (SSSR count). The lowest BCUT2D eigenvalue weighted by molar-refractivity contribution is -0.118. The molecule has 7 heteroatoms. The first-order valence-corrected chi connectivity index (χ1v) is 9.09. The van der Waals surface area contributed by atoms with Crippen molar-refractivity contribution in [2.45, 2.75) is 52.0 Å². The number of anilines is 1. The van der Waals surface area contributed by atoms with Crippen molar-refractivity contribution in [1.82, 2.24) is 10.3 Å². The second-order valence-electron chi connectivity index (χ2n) is 5.80. The maximum Gasteiger partial charge on any atom is 0.262 e. The van der Waals surface area contributed by atoms with E-state index in [9.17, 15) is 14.9 Å². The van der Waals surface area contributed by atoms with Gasteiger partial charge in [-0.15, -0.1) is 11.3 Å². The SMILES string of the molecule is CCN(C(C)=O)c1nc(/C=C(\C#N)C(=O)NC2CCCCC2)cs1. The first kappa shape index (κ1) is 18.1. The summed E-state index contributed by atoms with van der Waals surface area (Å²) >= 11 is 1.32. The van der Waals surface area contributed by atoms with Crippen molar-refractivity contribution in [3.63, 3.8) is 0 Å². The summed E-state index contributed by atoms with van der Waals surface area (Å²) in [5.41, 5.74) is 0.563. The minimum Gasteiger partial charge on any atom is -0.349 e. The van der Waals surface area contributed by atoms with Gasteiger partial charge >= 0.3 is 0 Å². The Bertz CT molecular complexity index is 668. The number of nitrogens with zero attached hydrogens (tertiary/aromatic N) is 3. The molecule has 2 amide bonds. The zero-order valence-corrected chi connectivity index (χ0v) is 14.9. The third-order valence-electron chi connectivity index (χ3n) is 4.03. The van der Waals surface area contributed by atoms with Crippen LogP contribution < -0.4 is 10.2 Å². The number of amides is 2. The Labute approximate surface area is 146 Å². The van der Waals surface area contributed by atoms with E-state index in [0.717, 1.165) is 25.7 Å². The van der Waals surface area contributed by atoms with Crippen LogP contribution in [0.25, 0.3) is 6.08 Å². The van der Waals surface area contributed by atoms with Gasteiger partial charge in [-0.05, 0) is 25.8 Å². The number of hydrogen-bond donors (Lipinski definition) is 1. The van der Waals surface area contributed by atoms with Crippen molar-refractivity contribution in [2.75, 3.05) is 11.4 Å². The van der Waals surface area contributed by atoms with E-state index in [1.54, 1.807) is 10.3 Å². The van der Waals surface area contributed by atoms with Crippen LogP contribution in [-0.4, -0.2) is 29.4 Å². The third-order valence-corrected chi connectivity index (χ3v) is 4.92. The van der Waals surface area contributed by atoms with Crippen molar-refractivity contribution in [2.24, 2.45) is 0 Å². The molecular formula is C17H22N4O2S. The molecule has 1 aliphatic rings. The molecule has 1 aliphatic carbocycles. The molecule has 1 fully saturated rings. The fraction of sp³-hybridized carbons (Fsp3) is 0.529. The van der Waals surface area contributed by atoms with Crippen LogP contribution in [0.3, 0.4) is 0 Å². The Morgan fingerprint density at radius 3 is 2.75 bits per heavy atom. The van der Waals surface area contributed by atoms with Gasteiger partial charge in [0.2, 0.25) is 5.91 Å². The van der Waals surface area contributed by atoms with Crippen LogP contribution >= 0.6 is 11.3 Å². The van der Waals surface area contributed by atoms with Gasteiger partial charge in [0.1, 0.15) is 11.6 Å². The van der Waals surface area contributed by atoms with E-state index in [1.807, 2.05) is 13.0 Å². The highest BCUT2D eigenvalue weighted by Crippen LogP contribution is 2.22. The third kappa shape index (κ3) is 4.65. The van der Waals surface area contributed by atoms with E-state index in [0.29, 0.717) is 17.4 Å². The van der Waals surface area contributed by atoms with Crippen LogP contribution in [-0.2, 0) is 9.59 Å². The lowest BCUT2D eigenvalue weighted by Crippen LogP contribution is -2.36. The molecule has 0 bridgehead atoms. The number of nitrogens with one attached hydrogen (secondary N) is 1. The highest BCUT2D eigenvalue weighted by Gasteiger charge is 2.19. The number of hydrogen-bond acceptors (Lipinski definition) is 5. The van der Waals surface area contributed by atoms with Gasteiger partial charge in [-0.1, -0.05) is 19.3 Å². The first-order valence-electron chi connectivity index (χ1n) is 8.21. The summed E-state index contributed by atoms with van der Waals surface area (Å²) in [7, 11) is 0. The molecule has 0 aliphatic heterocycles. The molecule has 1 heterocycles. The smallest absolute Gasteiger partial charge is 0.262 e. The molecular weight excluding hydrogens is 324 g/mol. The fourth-order valence-electron chi connectivity index (χ4n) is 2.77. The molecule has 1 N–H and O–H groups in total. The molecule has 1 aromatic rings. The van der Waals surface area contributed by atoms with Gasteiger partial charge in [-0.25, -0.2) is 4.98 Å². The number of nitriles is 1. The van der Waals surface area contributed by atoms with E-state index < -0.39 is 0 Å². The van der Waals surface area contributed by atoms with Gasteiger partial charge < -0.3 is 5.32 Å². The van der Waals surface area contributed by atoms with Crippen molar-refractivity contribution in [1.29, 1.82) is 5.26 Å². The summed E-state index contributed by atoms with van der Waals surface area (Å²) in [5, 5.41) is 14.5. The van der Waals surface area contributed by atoms with Crippen molar-refractivity contribution < 1.29 is 9.59 Å². The maximum absolute atomic E-state index is 12.3. The van der Waals surface area contributed by atoms with Gasteiger partial charge in [-0.3, -0.25) is 14.5 Å². The van der Waals surface area contributed by atoms with Crippen molar-refractivity contribution in [3.8, 4) is 6.07 Å². The Hall–Kier alpha value is -2.20. The minimum absolute atomic E-state index is 0.0447. The van der Waals surface area contributed by atoms with Crippen LogP contribution in [0.2, 0.25) is 0 Å². The van der Waals surface area contributed by atoms with Gasteiger partial charge in [0.25, 0.3) is 5.91 Å². The number of aromatic nitrogens is 1. The maximum atomic E-state index is 12.3. The molecule has 6 nitrogen and oxygen atoms in total. The standard InChI is InChI=1S/C17H22N4O2S/c1-3-21(12(2)22)17-20-15(11-24-17)9-13(10-18)16(23)19-14-7-5-4-6-8-14/h9,11,14H,3-8H2,1-2H3,(H,19,23)/b13-9+. The predicted octanol–water partition coefficient (Wildman–Crippen LogP) is 2.87. The van der Waals surface area contributed by atoms with Gasteiger partial charge in [-0.2, -0.15) is 5.26 Å². The summed E-state index contributed by atoms with van der Waals surface area (Å²) in [6.07, 6.45) is 6.85.